The first-order valence-corrected chi connectivity index (χ1v) is 12.1. The van der Waals surface area contributed by atoms with Crippen LogP contribution >= 0.6 is 0 Å². The van der Waals surface area contributed by atoms with Gasteiger partial charge in [0.2, 0.25) is 15.9 Å². The van der Waals surface area contributed by atoms with E-state index in [4.69, 9.17) is 0 Å². The van der Waals surface area contributed by atoms with Crippen LogP contribution in [0.1, 0.15) is 36.0 Å². The van der Waals surface area contributed by atoms with Gasteiger partial charge < -0.3 is 9.80 Å². The standard InChI is InChI=1S/C23H29N3O3S/c1-25-14-15-26(17-20-8-4-5-9-22(20)25)23(27)12-13-24-30(28,29)21-11-10-18-6-2-3-7-19(18)16-21/h4-5,8-11,16,24H,2-3,6-7,12-15,17H2,1H3. The molecule has 2 aromatic rings. The minimum Gasteiger partial charge on any atom is -0.373 e. The van der Waals surface area contributed by atoms with Gasteiger partial charge in [0.15, 0.2) is 0 Å². The predicted octanol–water partition coefficient (Wildman–Crippen LogP) is 2.71. The number of nitrogens with one attached hydrogen (secondary N) is 1. The number of sulfonamides is 1. The summed E-state index contributed by atoms with van der Waals surface area (Å²) < 4.78 is 28.0. The molecule has 7 heteroatoms. The zero-order valence-electron chi connectivity index (χ0n) is 17.4. The van der Waals surface area contributed by atoms with Crippen molar-refractivity contribution in [1.29, 1.82) is 0 Å². The first-order valence-electron chi connectivity index (χ1n) is 10.6. The molecule has 2 aliphatic rings. The minimum absolute atomic E-state index is 0.0340. The summed E-state index contributed by atoms with van der Waals surface area (Å²) in [4.78, 5) is 17.0. The van der Waals surface area contributed by atoms with Gasteiger partial charge in [0.25, 0.3) is 0 Å². The summed E-state index contributed by atoms with van der Waals surface area (Å²) in [7, 11) is -1.59. The second-order valence-electron chi connectivity index (χ2n) is 8.15. The fraction of sp³-hybridized carbons (Fsp3) is 0.435. The molecule has 6 nitrogen and oxygen atoms in total. The Morgan fingerprint density at radius 2 is 1.77 bits per heavy atom. The van der Waals surface area contributed by atoms with Crippen LogP contribution in [0.5, 0.6) is 0 Å². The lowest BCUT2D eigenvalue weighted by molar-refractivity contribution is -0.131. The molecule has 0 atom stereocenters. The maximum absolute atomic E-state index is 12.8. The molecular weight excluding hydrogens is 398 g/mol. The molecule has 1 aliphatic heterocycles. The van der Waals surface area contributed by atoms with Crippen molar-refractivity contribution in [3.63, 3.8) is 0 Å². The molecule has 0 saturated carbocycles. The van der Waals surface area contributed by atoms with Crippen molar-refractivity contribution in [2.75, 3.05) is 31.6 Å². The Balaban J connectivity index is 1.36. The van der Waals surface area contributed by atoms with Crippen molar-refractivity contribution in [2.24, 2.45) is 0 Å². The fourth-order valence-corrected chi connectivity index (χ4v) is 5.40. The summed E-state index contributed by atoms with van der Waals surface area (Å²) >= 11 is 0. The van der Waals surface area contributed by atoms with E-state index in [2.05, 4.69) is 15.7 Å². The number of para-hydroxylation sites is 1. The first-order chi connectivity index (χ1) is 14.4. The quantitative estimate of drug-likeness (QED) is 0.797. The summed E-state index contributed by atoms with van der Waals surface area (Å²) in [5.41, 5.74) is 4.63. The largest absolute Gasteiger partial charge is 0.373 e. The third-order valence-corrected chi connectivity index (χ3v) is 7.54. The van der Waals surface area contributed by atoms with Crippen molar-refractivity contribution in [3.05, 3.63) is 59.2 Å². The van der Waals surface area contributed by atoms with Crippen LogP contribution in [0.3, 0.4) is 0 Å². The Kier molecular flexibility index (Phi) is 6.11. The SMILES string of the molecule is CN1CCN(C(=O)CCNS(=O)(=O)c2ccc3c(c2)CCCC3)Cc2ccccc21. The number of hydrogen-bond donors (Lipinski definition) is 1. The van der Waals surface area contributed by atoms with Crippen LogP contribution in [-0.4, -0.2) is 45.9 Å². The lowest BCUT2D eigenvalue weighted by Gasteiger charge is -2.21. The number of amides is 1. The first kappa shape index (κ1) is 20.9. The van der Waals surface area contributed by atoms with Gasteiger partial charge in [-0.05, 0) is 60.6 Å². The average molecular weight is 428 g/mol. The Morgan fingerprint density at radius 3 is 2.60 bits per heavy atom. The van der Waals surface area contributed by atoms with E-state index in [1.54, 1.807) is 12.1 Å². The fourth-order valence-electron chi connectivity index (χ4n) is 4.32. The van der Waals surface area contributed by atoms with Crippen molar-refractivity contribution in [1.82, 2.24) is 9.62 Å². The molecule has 0 bridgehead atoms. The molecule has 30 heavy (non-hydrogen) atoms. The average Bonchev–Trinajstić information content (AvgIpc) is 2.92. The summed E-state index contributed by atoms with van der Waals surface area (Å²) in [6.07, 6.45) is 4.37. The lowest BCUT2D eigenvalue weighted by atomic mass is 9.92. The van der Waals surface area contributed by atoms with Gasteiger partial charge in [0, 0.05) is 45.3 Å². The second-order valence-corrected chi connectivity index (χ2v) is 9.92. The topological polar surface area (TPSA) is 69.7 Å². The molecule has 160 valence electrons. The van der Waals surface area contributed by atoms with Gasteiger partial charge in [-0.2, -0.15) is 0 Å². The molecule has 1 amide bonds. The molecule has 0 saturated heterocycles. The smallest absolute Gasteiger partial charge is 0.240 e. The van der Waals surface area contributed by atoms with Crippen LogP contribution in [0.25, 0.3) is 0 Å². The normalized spacial score (nSPS) is 16.6. The molecule has 0 unspecified atom stereocenters. The predicted molar refractivity (Wildman–Crippen MR) is 118 cm³/mol. The number of carbonyl (C=O) groups excluding carboxylic acids is 1. The number of benzene rings is 2. The molecule has 0 radical (unpaired) electrons. The van der Waals surface area contributed by atoms with E-state index in [1.165, 1.54) is 5.56 Å². The maximum atomic E-state index is 12.8. The van der Waals surface area contributed by atoms with E-state index in [-0.39, 0.29) is 18.9 Å². The minimum atomic E-state index is -3.61. The maximum Gasteiger partial charge on any atom is 0.240 e. The van der Waals surface area contributed by atoms with Gasteiger partial charge in [0.05, 0.1) is 4.90 Å². The van der Waals surface area contributed by atoms with Crippen LogP contribution in [-0.2, 0) is 34.2 Å². The van der Waals surface area contributed by atoms with Crippen molar-refractivity contribution in [3.8, 4) is 0 Å². The highest BCUT2D eigenvalue weighted by Gasteiger charge is 2.22. The van der Waals surface area contributed by atoms with Gasteiger partial charge >= 0.3 is 0 Å². The molecule has 0 aromatic heterocycles. The Labute approximate surface area is 178 Å². The van der Waals surface area contributed by atoms with Crippen LogP contribution in [0.2, 0.25) is 0 Å². The third-order valence-electron chi connectivity index (χ3n) is 6.08. The van der Waals surface area contributed by atoms with E-state index in [0.717, 1.165) is 49.0 Å². The number of likely N-dealkylation sites (N-methyl/N-ethyl adjacent to an activating group) is 1. The monoisotopic (exact) mass is 427 g/mol. The molecule has 1 aliphatic carbocycles. The number of rotatable bonds is 5. The van der Waals surface area contributed by atoms with E-state index in [9.17, 15) is 13.2 Å². The molecular formula is C23H29N3O3S. The van der Waals surface area contributed by atoms with Crippen LogP contribution in [0, 0.1) is 0 Å². The highest BCUT2D eigenvalue weighted by atomic mass is 32.2. The number of anilines is 1. The number of aryl methyl sites for hydroxylation is 2. The number of hydrogen-bond acceptors (Lipinski definition) is 4. The van der Waals surface area contributed by atoms with Gasteiger partial charge in [-0.1, -0.05) is 24.3 Å². The molecule has 1 heterocycles. The Bertz CT molecular complexity index is 1040. The second kappa shape index (κ2) is 8.78. The number of fused-ring (bicyclic) bond motifs is 2. The summed E-state index contributed by atoms with van der Waals surface area (Å²) in [6.45, 7) is 2.04. The highest BCUT2D eigenvalue weighted by Crippen LogP contribution is 2.25. The molecule has 0 spiro atoms. The van der Waals surface area contributed by atoms with Gasteiger partial charge in [-0.3, -0.25) is 4.79 Å². The zero-order chi connectivity index (χ0) is 21.1. The summed E-state index contributed by atoms with van der Waals surface area (Å²) in [6, 6.07) is 13.5. The highest BCUT2D eigenvalue weighted by molar-refractivity contribution is 7.89. The van der Waals surface area contributed by atoms with Gasteiger partial charge in [0.1, 0.15) is 0 Å². The van der Waals surface area contributed by atoms with E-state index >= 15 is 0 Å². The van der Waals surface area contributed by atoms with Crippen LogP contribution in [0.15, 0.2) is 47.4 Å². The van der Waals surface area contributed by atoms with Gasteiger partial charge in [-0.15, -0.1) is 0 Å². The molecule has 4 rings (SSSR count). The van der Waals surface area contributed by atoms with E-state index < -0.39 is 10.0 Å². The van der Waals surface area contributed by atoms with E-state index in [0.29, 0.717) is 18.0 Å². The molecule has 1 N–H and O–H groups in total. The van der Waals surface area contributed by atoms with Crippen LogP contribution in [0.4, 0.5) is 5.69 Å². The van der Waals surface area contributed by atoms with Crippen molar-refractivity contribution in [2.45, 2.75) is 43.5 Å². The van der Waals surface area contributed by atoms with Crippen LogP contribution < -0.4 is 9.62 Å². The summed E-state index contributed by atoms with van der Waals surface area (Å²) in [5, 5.41) is 0. The molecule has 2 aromatic carbocycles. The van der Waals surface area contributed by atoms with Gasteiger partial charge in [-0.25, -0.2) is 13.1 Å². The zero-order valence-corrected chi connectivity index (χ0v) is 18.2. The number of carbonyl (C=O) groups is 1. The number of nitrogens with zero attached hydrogens (tertiary/aromatic N) is 2. The van der Waals surface area contributed by atoms with Crippen molar-refractivity contribution < 1.29 is 13.2 Å². The molecule has 0 fully saturated rings. The summed E-state index contributed by atoms with van der Waals surface area (Å²) in [5.74, 6) is -0.0340. The Hall–Kier alpha value is -2.38. The lowest BCUT2D eigenvalue weighted by Crippen LogP contribution is -2.36. The third kappa shape index (κ3) is 4.52. The van der Waals surface area contributed by atoms with E-state index in [1.807, 2.05) is 36.2 Å². The van der Waals surface area contributed by atoms with Crippen molar-refractivity contribution >= 4 is 21.6 Å². The Morgan fingerprint density at radius 1 is 1.00 bits per heavy atom.